The van der Waals surface area contributed by atoms with Gasteiger partial charge in [-0.2, -0.15) is 0 Å². The first kappa shape index (κ1) is 16.7. The van der Waals surface area contributed by atoms with Gasteiger partial charge in [-0.15, -0.1) is 11.8 Å². The van der Waals surface area contributed by atoms with Crippen molar-refractivity contribution in [1.82, 2.24) is 5.32 Å². The molecule has 1 amide bonds. The van der Waals surface area contributed by atoms with Crippen LogP contribution in [-0.2, 0) is 11.2 Å². The van der Waals surface area contributed by atoms with Gasteiger partial charge in [-0.3, -0.25) is 4.79 Å². The number of ether oxygens (including phenoxy) is 2. The lowest BCUT2D eigenvalue weighted by atomic mass is 10.1. The van der Waals surface area contributed by atoms with Crippen LogP contribution in [0.1, 0.15) is 18.4 Å². The lowest BCUT2D eigenvalue weighted by Crippen LogP contribution is -2.25. The van der Waals surface area contributed by atoms with E-state index >= 15 is 0 Å². The first-order valence-corrected chi connectivity index (χ1v) is 9.13. The number of carbonyl (C=O) groups is 1. The summed E-state index contributed by atoms with van der Waals surface area (Å²) in [7, 11) is 0. The molecule has 4 nitrogen and oxygen atoms in total. The lowest BCUT2D eigenvalue weighted by molar-refractivity contribution is -0.121. The van der Waals surface area contributed by atoms with Gasteiger partial charge in [0.25, 0.3) is 0 Å². The topological polar surface area (TPSA) is 47.6 Å². The highest BCUT2D eigenvalue weighted by atomic mass is 32.2. The van der Waals surface area contributed by atoms with E-state index in [1.807, 2.05) is 36.4 Å². The third kappa shape index (κ3) is 4.93. The third-order valence-electron chi connectivity index (χ3n) is 3.73. The molecular weight excluding hydrogens is 322 g/mol. The summed E-state index contributed by atoms with van der Waals surface area (Å²) in [5.41, 5.74) is 1.14. The van der Waals surface area contributed by atoms with Crippen LogP contribution in [0.15, 0.2) is 53.4 Å². The molecule has 0 saturated carbocycles. The number of hydrogen-bond acceptors (Lipinski definition) is 4. The average molecular weight is 343 g/mol. The summed E-state index contributed by atoms with van der Waals surface area (Å²) in [6, 6.07) is 16.2. The van der Waals surface area contributed by atoms with Crippen molar-refractivity contribution < 1.29 is 14.3 Å². The van der Waals surface area contributed by atoms with E-state index < -0.39 is 0 Å². The fourth-order valence-electron chi connectivity index (χ4n) is 2.47. The minimum atomic E-state index is 0.115. The number of amides is 1. The maximum atomic E-state index is 11.9. The number of nitrogens with one attached hydrogen (secondary N) is 1. The number of fused-ring (bicyclic) bond motifs is 1. The van der Waals surface area contributed by atoms with Gasteiger partial charge in [-0.1, -0.05) is 24.3 Å². The largest absolute Gasteiger partial charge is 0.454 e. The predicted octanol–water partition coefficient (Wildman–Crippen LogP) is 3.65. The molecule has 0 atom stereocenters. The Balaban J connectivity index is 1.30. The second-order valence-electron chi connectivity index (χ2n) is 5.55. The summed E-state index contributed by atoms with van der Waals surface area (Å²) in [5, 5.41) is 2.98. The molecule has 126 valence electrons. The van der Waals surface area contributed by atoms with Crippen molar-refractivity contribution in [2.24, 2.45) is 0 Å². The van der Waals surface area contributed by atoms with E-state index in [2.05, 4.69) is 17.4 Å². The van der Waals surface area contributed by atoms with Gasteiger partial charge in [0.1, 0.15) is 0 Å². The van der Waals surface area contributed by atoms with E-state index in [1.54, 1.807) is 11.8 Å². The van der Waals surface area contributed by atoms with Crippen LogP contribution in [-0.4, -0.2) is 25.0 Å². The molecule has 0 fully saturated rings. The number of thioether (sulfide) groups is 1. The molecule has 1 aliphatic rings. The summed E-state index contributed by atoms with van der Waals surface area (Å²) in [6.45, 7) is 0.931. The molecule has 24 heavy (non-hydrogen) atoms. The average Bonchev–Trinajstić information content (AvgIpc) is 3.07. The van der Waals surface area contributed by atoms with E-state index in [-0.39, 0.29) is 12.7 Å². The van der Waals surface area contributed by atoms with Crippen molar-refractivity contribution in [2.75, 3.05) is 19.1 Å². The molecule has 1 aliphatic heterocycles. The van der Waals surface area contributed by atoms with Crippen molar-refractivity contribution in [3.63, 3.8) is 0 Å². The van der Waals surface area contributed by atoms with Gasteiger partial charge in [0.15, 0.2) is 11.5 Å². The maximum Gasteiger partial charge on any atom is 0.231 e. The Hall–Kier alpha value is -2.14. The van der Waals surface area contributed by atoms with Gasteiger partial charge in [-0.25, -0.2) is 0 Å². The first-order chi connectivity index (χ1) is 11.8. The Morgan fingerprint density at radius 2 is 1.92 bits per heavy atom. The van der Waals surface area contributed by atoms with E-state index in [4.69, 9.17) is 9.47 Å². The van der Waals surface area contributed by atoms with Crippen LogP contribution in [0.5, 0.6) is 11.5 Å². The Bertz CT molecular complexity index is 676. The summed E-state index contributed by atoms with van der Waals surface area (Å²) in [6.07, 6.45) is 2.25. The Labute approximate surface area is 146 Å². The lowest BCUT2D eigenvalue weighted by Gasteiger charge is -2.06. The number of hydrogen-bond donors (Lipinski definition) is 1. The van der Waals surface area contributed by atoms with Crippen LogP contribution < -0.4 is 14.8 Å². The van der Waals surface area contributed by atoms with Crippen LogP contribution in [0.25, 0.3) is 0 Å². The quantitative estimate of drug-likeness (QED) is 0.587. The molecule has 5 heteroatoms. The standard InChI is InChI=1S/C19H21NO3S/c21-19(7-4-12-24-16-5-2-1-3-6-16)20-11-10-15-8-9-17-18(13-15)23-14-22-17/h1-3,5-6,8-9,13H,4,7,10-12,14H2,(H,20,21). The Morgan fingerprint density at radius 3 is 2.79 bits per heavy atom. The zero-order valence-corrected chi connectivity index (χ0v) is 14.3. The smallest absolute Gasteiger partial charge is 0.231 e. The van der Waals surface area contributed by atoms with Gasteiger partial charge in [0.05, 0.1) is 0 Å². The number of carbonyl (C=O) groups excluding carboxylic acids is 1. The third-order valence-corrected chi connectivity index (χ3v) is 4.83. The first-order valence-electron chi connectivity index (χ1n) is 8.14. The van der Waals surface area contributed by atoms with Crippen LogP contribution >= 0.6 is 11.8 Å². The van der Waals surface area contributed by atoms with Crippen LogP contribution in [0, 0.1) is 0 Å². The summed E-state index contributed by atoms with van der Waals surface area (Å²) >= 11 is 1.79. The number of benzene rings is 2. The normalized spacial score (nSPS) is 12.2. The molecule has 2 aromatic rings. The van der Waals surface area contributed by atoms with Crippen molar-refractivity contribution in [3.05, 3.63) is 54.1 Å². The van der Waals surface area contributed by atoms with Gasteiger partial charge < -0.3 is 14.8 Å². The minimum Gasteiger partial charge on any atom is -0.454 e. The molecule has 0 unspecified atom stereocenters. The van der Waals surface area contributed by atoms with Gasteiger partial charge in [0.2, 0.25) is 12.7 Å². The fraction of sp³-hybridized carbons (Fsp3) is 0.316. The zero-order valence-electron chi connectivity index (χ0n) is 13.5. The molecule has 0 radical (unpaired) electrons. The Kier molecular flexibility index (Phi) is 6.01. The van der Waals surface area contributed by atoms with Gasteiger partial charge >= 0.3 is 0 Å². The van der Waals surface area contributed by atoms with Crippen LogP contribution in [0.4, 0.5) is 0 Å². The molecule has 0 aromatic heterocycles. The minimum absolute atomic E-state index is 0.115. The monoisotopic (exact) mass is 343 g/mol. The van der Waals surface area contributed by atoms with E-state index in [0.29, 0.717) is 13.0 Å². The molecule has 1 N–H and O–H groups in total. The highest BCUT2D eigenvalue weighted by molar-refractivity contribution is 7.99. The zero-order chi connectivity index (χ0) is 16.6. The molecule has 0 spiro atoms. The van der Waals surface area contributed by atoms with Crippen LogP contribution in [0.2, 0.25) is 0 Å². The fourth-order valence-corrected chi connectivity index (χ4v) is 3.34. The molecule has 0 saturated heterocycles. The highest BCUT2D eigenvalue weighted by Crippen LogP contribution is 2.32. The SMILES string of the molecule is O=C(CCCSc1ccccc1)NCCc1ccc2c(c1)OCO2. The summed E-state index contributed by atoms with van der Waals surface area (Å²) in [4.78, 5) is 13.1. The van der Waals surface area contributed by atoms with E-state index in [0.717, 1.165) is 35.7 Å². The van der Waals surface area contributed by atoms with Crippen molar-refractivity contribution in [1.29, 1.82) is 0 Å². The highest BCUT2D eigenvalue weighted by Gasteiger charge is 2.13. The second kappa shape index (κ2) is 8.64. The second-order valence-corrected chi connectivity index (χ2v) is 6.72. The molecular formula is C19H21NO3S. The molecule has 0 bridgehead atoms. The van der Waals surface area contributed by atoms with E-state index in [9.17, 15) is 4.79 Å². The van der Waals surface area contributed by atoms with Crippen molar-refractivity contribution in [2.45, 2.75) is 24.2 Å². The van der Waals surface area contributed by atoms with Crippen LogP contribution in [0.3, 0.4) is 0 Å². The summed E-state index contributed by atoms with van der Waals surface area (Å²) < 4.78 is 10.6. The molecule has 3 rings (SSSR count). The summed E-state index contributed by atoms with van der Waals surface area (Å²) in [5.74, 6) is 2.65. The Morgan fingerprint density at radius 1 is 1.08 bits per heavy atom. The predicted molar refractivity (Wildman–Crippen MR) is 95.7 cm³/mol. The maximum absolute atomic E-state index is 11.9. The van der Waals surface area contributed by atoms with Gasteiger partial charge in [-0.05, 0) is 48.4 Å². The van der Waals surface area contributed by atoms with Crippen molar-refractivity contribution in [3.8, 4) is 11.5 Å². The number of rotatable bonds is 8. The van der Waals surface area contributed by atoms with Gasteiger partial charge in [0, 0.05) is 17.9 Å². The van der Waals surface area contributed by atoms with Crippen molar-refractivity contribution >= 4 is 17.7 Å². The van der Waals surface area contributed by atoms with E-state index in [1.165, 1.54) is 4.90 Å². The molecule has 0 aliphatic carbocycles. The molecule has 1 heterocycles. The molecule has 2 aromatic carbocycles.